The normalized spacial score (nSPS) is 12.4. The molecule has 0 fully saturated rings. The Kier molecular flexibility index (Phi) is 5.49. The highest BCUT2D eigenvalue weighted by Gasteiger charge is 2.18. The quantitative estimate of drug-likeness (QED) is 0.321. The molecule has 0 aliphatic heterocycles. The van der Waals surface area contributed by atoms with Crippen LogP contribution in [0.4, 0.5) is 5.82 Å². The number of imidazole rings is 1. The molecule has 162 valence electrons. The monoisotopic (exact) mass is 443 g/mol. The van der Waals surface area contributed by atoms with Crippen LogP contribution in [-0.2, 0) is 6.42 Å². The van der Waals surface area contributed by atoms with Gasteiger partial charge in [0, 0.05) is 33.6 Å². The minimum absolute atomic E-state index is 0.280. The lowest BCUT2D eigenvalue weighted by atomic mass is 10.1. The summed E-state index contributed by atoms with van der Waals surface area (Å²) in [4.78, 5) is 14.5. The van der Waals surface area contributed by atoms with Gasteiger partial charge in [-0.1, -0.05) is 37.3 Å². The predicted octanol–water partition coefficient (Wildman–Crippen LogP) is 6.04. The first kappa shape index (κ1) is 20.5. The van der Waals surface area contributed by atoms with Gasteiger partial charge in [-0.05, 0) is 43.5 Å². The van der Waals surface area contributed by atoms with E-state index in [-0.39, 0.29) is 5.75 Å². The van der Waals surface area contributed by atoms with Crippen molar-refractivity contribution >= 4 is 38.4 Å². The van der Waals surface area contributed by atoms with Crippen molar-refractivity contribution in [2.24, 2.45) is 0 Å². The number of hydrogen-bond acceptors (Lipinski definition) is 6. The van der Waals surface area contributed by atoms with Crippen LogP contribution in [0.3, 0.4) is 0 Å². The van der Waals surface area contributed by atoms with Crippen LogP contribution in [-0.4, -0.2) is 31.2 Å². The molecular weight excluding hydrogens is 418 g/mol. The number of thiophene rings is 1. The number of rotatable bonds is 7. The van der Waals surface area contributed by atoms with Gasteiger partial charge in [-0.15, -0.1) is 11.3 Å². The molecule has 2 aromatic carbocycles. The lowest BCUT2D eigenvalue weighted by Crippen LogP contribution is -2.09. The Balaban J connectivity index is 1.54. The van der Waals surface area contributed by atoms with E-state index < -0.39 is 0 Å². The molecule has 7 heteroatoms. The largest absolute Gasteiger partial charge is 0.508 e. The minimum atomic E-state index is 0.280. The number of fused-ring (bicyclic) bond motifs is 2. The van der Waals surface area contributed by atoms with Crippen molar-refractivity contribution in [3.05, 3.63) is 65.8 Å². The lowest BCUT2D eigenvalue weighted by molar-refractivity contribution is 0.475. The van der Waals surface area contributed by atoms with Crippen LogP contribution in [0, 0.1) is 0 Å². The van der Waals surface area contributed by atoms with Crippen LogP contribution in [0.2, 0.25) is 0 Å². The molecule has 2 N–H and O–H groups in total. The highest BCUT2D eigenvalue weighted by molar-refractivity contribution is 7.17. The molecule has 1 unspecified atom stereocenters. The van der Waals surface area contributed by atoms with Gasteiger partial charge in [0.2, 0.25) is 0 Å². The first-order chi connectivity index (χ1) is 15.6. The third-order valence-corrected chi connectivity index (χ3v) is 6.81. The zero-order valence-electron chi connectivity index (χ0n) is 18.1. The van der Waals surface area contributed by atoms with Gasteiger partial charge in [-0.25, -0.2) is 15.0 Å². The predicted molar refractivity (Wildman–Crippen MR) is 131 cm³/mol. The third-order valence-electron chi connectivity index (χ3n) is 5.85. The summed E-state index contributed by atoms with van der Waals surface area (Å²) in [6.45, 7) is 5.06. The summed E-state index contributed by atoms with van der Waals surface area (Å²) in [7, 11) is 0. The highest BCUT2D eigenvalue weighted by atomic mass is 32.1. The van der Waals surface area contributed by atoms with E-state index in [4.69, 9.17) is 9.97 Å². The van der Waals surface area contributed by atoms with Gasteiger partial charge < -0.3 is 15.0 Å². The molecular formula is C25H25N5OS. The number of phenols is 1. The molecule has 0 amide bonds. The van der Waals surface area contributed by atoms with Crippen molar-refractivity contribution in [1.82, 2.24) is 19.5 Å². The second kappa shape index (κ2) is 8.59. The van der Waals surface area contributed by atoms with Gasteiger partial charge in [-0.3, -0.25) is 0 Å². The van der Waals surface area contributed by atoms with Crippen LogP contribution in [0.25, 0.3) is 32.6 Å². The van der Waals surface area contributed by atoms with Crippen LogP contribution in [0.1, 0.15) is 31.9 Å². The molecule has 5 aromatic rings. The number of aromatic hydroxyl groups is 1. The third kappa shape index (κ3) is 3.80. The molecule has 1 atom stereocenters. The second-order valence-electron chi connectivity index (χ2n) is 7.97. The SMILES string of the molecule is CCC(C)n1cnc2c(NCCc3ccc(O)cc3)nc(-c3csc4ccccc34)nc21. The van der Waals surface area contributed by atoms with Crippen molar-refractivity contribution in [1.29, 1.82) is 0 Å². The molecule has 0 radical (unpaired) electrons. The van der Waals surface area contributed by atoms with Crippen molar-refractivity contribution in [3.63, 3.8) is 0 Å². The number of hydrogen-bond donors (Lipinski definition) is 2. The van der Waals surface area contributed by atoms with E-state index in [9.17, 15) is 5.11 Å². The summed E-state index contributed by atoms with van der Waals surface area (Å²) in [6, 6.07) is 16.0. The molecule has 5 rings (SSSR count). The first-order valence-electron chi connectivity index (χ1n) is 10.9. The first-order valence-corrected chi connectivity index (χ1v) is 11.7. The highest BCUT2D eigenvalue weighted by Crippen LogP contribution is 2.34. The Hall–Kier alpha value is -3.45. The Labute approximate surface area is 190 Å². The molecule has 0 spiro atoms. The van der Waals surface area contributed by atoms with E-state index in [2.05, 4.69) is 58.4 Å². The zero-order chi connectivity index (χ0) is 22.1. The number of aromatic nitrogens is 4. The molecule has 0 saturated heterocycles. The second-order valence-corrected chi connectivity index (χ2v) is 8.88. The standard InChI is InChI=1S/C25H25N5OS/c1-3-16(2)30-15-27-22-24(26-13-12-17-8-10-18(31)11-9-17)28-23(29-25(22)30)20-14-32-21-7-5-4-6-19(20)21/h4-11,14-16,31H,3,12-13H2,1-2H3,(H,26,28,29). The molecule has 0 saturated carbocycles. The maximum atomic E-state index is 9.50. The van der Waals surface area contributed by atoms with Gasteiger partial charge >= 0.3 is 0 Å². The molecule has 6 nitrogen and oxygen atoms in total. The number of phenolic OH excluding ortho intramolecular Hbond substituents is 1. The fraction of sp³-hybridized carbons (Fsp3) is 0.240. The average Bonchev–Trinajstić information content (AvgIpc) is 3.44. The molecule has 3 heterocycles. The summed E-state index contributed by atoms with van der Waals surface area (Å²) in [6.07, 6.45) is 3.68. The lowest BCUT2D eigenvalue weighted by Gasteiger charge is -2.13. The van der Waals surface area contributed by atoms with Gasteiger partial charge in [0.1, 0.15) is 11.3 Å². The van der Waals surface area contributed by atoms with E-state index in [1.54, 1.807) is 23.5 Å². The average molecular weight is 444 g/mol. The van der Waals surface area contributed by atoms with Gasteiger partial charge in [0.15, 0.2) is 17.3 Å². The Morgan fingerprint density at radius 3 is 2.72 bits per heavy atom. The summed E-state index contributed by atoms with van der Waals surface area (Å²) < 4.78 is 3.36. The number of anilines is 1. The smallest absolute Gasteiger partial charge is 0.166 e. The summed E-state index contributed by atoms with van der Waals surface area (Å²) in [5.74, 6) is 1.75. The van der Waals surface area contributed by atoms with Gasteiger partial charge in [0.25, 0.3) is 0 Å². The van der Waals surface area contributed by atoms with Crippen molar-refractivity contribution in [2.75, 3.05) is 11.9 Å². The van der Waals surface area contributed by atoms with Crippen molar-refractivity contribution < 1.29 is 5.11 Å². The van der Waals surface area contributed by atoms with Crippen LogP contribution in [0.5, 0.6) is 5.75 Å². The molecule has 0 aliphatic rings. The molecule has 0 bridgehead atoms. The topological polar surface area (TPSA) is 75.9 Å². The van der Waals surface area contributed by atoms with E-state index in [0.717, 1.165) is 41.0 Å². The van der Waals surface area contributed by atoms with Crippen molar-refractivity contribution in [2.45, 2.75) is 32.7 Å². The van der Waals surface area contributed by atoms with E-state index in [1.807, 2.05) is 18.5 Å². The van der Waals surface area contributed by atoms with E-state index in [0.29, 0.717) is 18.4 Å². The van der Waals surface area contributed by atoms with E-state index in [1.165, 1.54) is 10.1 Å². The summed E-state index contributed by atoms with van der Waals surface area (Å²) >= 11 is 1.71. The zero-order valence-corrected chi connectivity index (χ0v) is 18.9. The Morgan fingerprint density at radius 1 is 1.09 bits per heavy atom. The Morgan fingerprint density at radius 2 is 1.91 bits per heavy atom. The molecule has 32 heavy (non-hydrogen) atoms. The van der Waals surface area contributed by atoms with Crippen LogP contribution in [0.15, 0.2) is 60.2 Å². The summed E-state index contributed by atoms with van der Waals surface area (Å²) in [5.41, 5.74) is 3.84. The van der Waals surface area contributed by atoms with Crippen LogP contribution >= 0.6 is 11.3 Å². The number of benzene rings is 2. The molecule has 3 aromatic heterocycles. The van der Waals surface area contributed by atoms with Gasteiger partial charge in [-0.2, -0.15) is 0 Å². The van der Waals surface area contributed by atoms with Crippen LogP contribution < -0.4 is 5.32 Å². The van der Waals surface area contributed by atoms with Crippen molar-refractivity contribution in [3.8, 4) is 17.1 Å². The van der Waals surface area contributed by atoms with Gasteiger partial charge in [0.05, 0.1) is 6.33 Å². The summed E-state index contributed by atoms with van der Waals surface area (Å²) in [5, 5.41) is 16.3. The number of nitrogens with one attached hydrogen (secondary N) is 1. The Bertz CT molecular complexity index is 1370. The fourth-order valence-electron chi connectivity index (χ4n) is 3.82. The minimum Gasteiger partial charge on any atom is -0.508 e. The molecule has 0 aliphatic carbocycles. The number of nitrogens with zero attached hydrogens (tertiary/aromatic N) is 4. The van der Waals surface area contributed by atoms with E-state index >= 15 is 0 Å². The maximum absolute atomic E-state index is 9.50. The fourth-order valence-corrected chi connectivity index (χ4v) is 4.76. The maximum Gasteiger partial charge on any atom is 0.166 e.